The van der Waals surface area contributed by atoms with Crippen LogP contribution in [0.25, 0.3) is 11.1 Å². The van der Waals surface area contributed by atoms with Crippen molar-refractivity contribution < 1.29 is 4.79 Å². The summed E-state index contributed by atoms with van der Waals surface area (Å²) in [6.45, 7) is 1.61. The number of carbonyl (C=O) groups is 1. The zero-order valence-corrected chi connectivity index (χ0v) is 15.0. The highest BCUT2D eigenvalue weighted by Gasteiger charge is 2.25. The van der Waals surface area contributed by atoms with Gasteiger partial charge in [0, 0.05) is 43.2 Å². The molecular formula is C21H21N5O. The number of benzene rings is 1. The van der Waals surface area contributed by atoms with E-state index in [1.54, 1.807) is 24.8 Å². The summed E-state index contributed by atoms with van der Waals surface area (Å²) in [6.07, 6.45) is 8.51. The van der Waals surface area contributed by atoms with Gasteiger partial charge in [-0.3, -0.25) is 9.78 Å². The Morgan fingerprint density at radius 1 is 0.926 bits per heavy atom. The topological polar surface area (TPSA) is 71.0 Å². The Kier molecular flexibility index (Phi) is 5.05. The maximum Gasteiger partial charge on any atom is 0.228 e. The summed E-state index contributed by atoms with van der Waals surface area (Å²) in [4.78, 5) is 27.6. The van der Waals surface area contributed by atoms with Crippen molar-refractivity contribution in [2.24, 2.45) is 5.92 Å². The summed E-state index contributed by atoms with van der Waals surface area (Å²) >= 11 is 0. The molecule has 0 aliphatic carbocycles. The number of nitrogens with zero attached hydrogens (tertiary/aromatic N) is 4. The van der Waals surface area contributed by atoms with E-state index in [2.05, 4.69) is 25.2 Å². The van der Waals surface area contributed by atoms with Crippen molar-refractivity contribution >= 4 is 17.5 Å². The lowest BCUT2D eigenvalue weighted by atomic mass is 9.96. The summed E-state index contributed by atoms with van der Waals surface area (Å²) < 4.78 is 0. The lowest BCUT2D eigenvalue weighted by molar-refractivity contribution is -0.120. The van der Waals surface area contributed by atoms with E-state index >= 15 is 0 Å². The van der Waals surface area contributed by atoms with Gasteiger partial charge in [0.25, 0.3) is 0 Å². The molecule has 0 radical (unpaired) electrons. The maximum absolute atomic E-state index is 12.6. The first-order chi connectivity index (χ1) is 13.3. The van der Waals surface area contributed by atoms with E-state index in [-0.39, 0.29) is 11.8 Å². The summed E-state index contributed by atoms with van der Waals surface area (Å²) in [5.74, 6) is 1.49. The van der Waals surface area contributed by atoms with Crippen LogP contribution in [0.2, 0.25) is 0 Å². The van der Waals surface area contributed by atoms with E-state index in [1.165, 1.54) is 0 Å². The molecule has 0 spiro atoms. The van der Waals surface area contributed by atoms with Crippen molar-refractivity contribution in [1.29, 1.82) is 0 Å². The Morgan fingerprint density at radius 3 is 2.41 bits per heavy atom. The van der Waals surface area contributed by atoms with Gasteiger partial charge in [-0.25, -0.2) is 9.97 Å². The fourth-order valence-electron chi connectivity index (χ4n) is 3.32. The van der Waals surface area contributed by atoms with Crippen LogP contribution in [-0.2, 0) is 4.79 Å². The Hall–Kier alpha value is -3.28. The van der Waals surface area contributed by atoms with Gasteiger partial charge in [-0.2, -0.15) is 0 Å². The monoisotopic (exact) mass is 359 g/mol. The standard InChI is InChI=1S/C21H21N5O/c27-21(17-8-12-26(13-9-17)20-15-22-10-11-23-20)25-19-7-6-18(14-24-19)16-4-2-1-3-5-16/h1-7,10-11,14-15,17H,8-9,12-13H2,(H,24,25,27). The highest BCUT2D eigenvalue weighted by molar-refractivity contribution is 5.92. The SMILES string of the molecule is O=C(Nc1ccc(-c2ccccc2)cn1)C1CCN(c2cnccn2)CC1. The second kappa shape index (κ2) is 7.95. The van der Waals surface area contributed by atoms with E-state index in [0.29, 0.717) is 5.82 Å². The molecule has 6 nitrogen and oxygen atoms in total. The van der Waals surface area contributed by atoms with Crippen molar-refractivity contribution in [2.75, 3.05) is 23.3 Å². The van der Waals surface area contributed by atoms with Crippen LogP contribution in [-0.4, -0.2) is 33.9 Å². The van der Waals surface area contributed by atoms with E-state index in [1.807, 2.05) is 42.5 Å². The second-order valence-corrected chi connectivity index (χ2v) is 6.61. The molecule has 6 heteroatoms. The molecule has 4 rings (SSSR count). The highest BCUT2D eigenvalue weighted by atomic mass is 16.1. The maximum atomic E-state index is 12.6. The van der Waals surface area contributed by atoms with Gasteiger partial charge in [0.2, 0.25) is 5.91 Å². The number of hydrogen-bond donors (Lipinski definition) is 1. The van der Waals surface area contributed by atoms with E-state index in [9.17, 15) is 4.79 Å². The number of hydrogen-bond acceptors (Lipinski definition) is 5. The summed E-state index contributed by atoms with van der Waals surface area (Å²) in [7, 11) is 0. The largest absolute Gasteiger partial charge is 0.355 e. The molecule has 1 aliphatic rings. The van der Waals surface area contributed by atoms with Crippen LogP contribution >= 0.6 is 0 Å². The van der Waals surface area contributed by atoms with Crippen molar-refractivity contribution in [2.45, 2.75) is 12.8 Å². The zero-order chi connectivity index (χ0) is 18.5. The molecule has 1 amide bonds. The molecule has 1 fully saturated rings. The summed E-state index contributed by atoms with van der Waals surface area (Å²) in [5, 5.41) is 2.95. The number of carbonyl (C=O) groups excluding carboxylic acids is 1. The van der Waals surface area contributed by atoms with Crippen LogP contribution in [0, 0.1) is 5.92 Å². The Bertz CT molecular complexity index is 875. The van der Waals surface area contributed by atoms with Crippen molar-refractivity contribution in [3.63, 3.8) is 0 Å². The summed E-state index contributed by atoms with van der Waals surface area (Å²) in [5.41, 5.74) is 2.14. The smallest absolute Gasteiger partial charge is 0.228 e. The first-order valence-corrected chi connectivity index (χ1v) is 9.13. The molecule has 0 unspecified atom stereocenters. The van der Waals surface area contributed by atoms with Crippen LogP contribution in [0.5, 0.6) is 0 Å². The van der Waals surface area contributed by atoms with Gasteiger partial charge in [0.1, 0.15) is 11.6 Å². The third kappa shape index (κ3) is 4.11. The van der Waals surface area contributed by atoms with Gasteiger partial charge in [-0.1, -0.05) is 30.3 Å². The molecule has 1 saturated heterocycles. The fourth-order valence-corrected chi connectivity index (χ4v) is 3.32. The Labute approximate surface area is 158 Å². The summed E-state index contributed by atoms with van der Waals surface area (Å²) in [6, 6.07) is 13.9. The van der Waals surface area contributed by atoms with Crippen LogP contribution in [0.4, 0.5) is 11.6 Å². The molecule has 1 aliphatic heterocycles. The van der Waals surface area contributed by atoms with Gasteiger partial charge < -0.3 is 10.2 Å². The predicted octanol–water partition coefficient (Wildman–Crippen LogP) is 3.39. The third-order valence-corrected chi connectivity index (χ3v) is 4.86. The minimum Gasteiger partial charge on any atom is -0.355 e. The van der Waals surface area contributed by atoms with Crippen LogP contribution < -0.4 is 10.2 Å². The van der Waals surface area contributed by atoms with Gasteiger partial charge in [-0.15, -0.1) is 0 Å². The molecule has 1 aromatic carbocycles. The van der Waals surface area contributed by atoms with Gasteiger partial charge >= 0.3 is 0 Å². The molecule has 1 N–H and O–H groups in total. The quantitative estimate of drug-likeness (QED) is 0.773. The first kappa shape index (κ1) is 17.1. The molecule has 0 bridgehead atoms. The second-order valence-electron chi connectivity index (χ2n) is 6.61. The molecule has 2 aromatic heterocycles. The number of aromatic nitrogens is 3. The Morgan fingerprint density at radius 2 is 1.74 bits per heavy atom. The van der Waals surface area contributed by atoms with E-state index in [0.717, 1.165) is 42.9 Å². The number of nitrogens with one attached hydrogen (secondary N) is 1. The van der Waals surface area contributed by atoms with Crippen molar-refractivity contribution in [3.05, 3.63) is 67.3 Å². The number of rotatable bonds is 4. The average Bonchev–Trinajstić information content (AvgIpc) is 2.76. The molecule has 27 heavy (non-hydrogen) atoms. The number of piperidine rings is 1. The molecule has 3 heterocycles. The van der Waals surface area contributed by atoms with Crippen molar-refractivity contribution in [1.82, 2.24) is 15.0 Å². The molecule has 3 aromatic rings. The van der Waals surface area contributed by atoms with E-state index < -0.39 is 0 Å². The fraction of sp³-hybridized carbons (Fsp3) is 0.238. The molecule has 136 valence electrons. The first-order valence-electron chi connectivity index (χ1n) is 9.13. The lowest BCUT2D eigenvalue weighted by Gasteiger charge is -2.31. The van der Waals surface area contributed by atoms with Gasteiger partial charge in [-0.05, 0) is 30.5 Å². The number of amides is 1. The normalized spacial score (nSPS) is 14.7. The van der Waals surface area contributed by atoms with Crippen molar-refractivity contribution in [3.8, 4) is 11.1 Å². The van der Waals surface area contributed by atoms with Crippen LogP contribution in [0.15, 0.2) is 67.3 Å². The zero-order valence-electron chi connectivity index (χ0n) is 15.0. The average molecular weight is 359 g/mol. The number of anilines is 2. The predicted molar refractivity (Wildman–Crippen MR) is 105 cm³/mol. The van der Waals surface area contributed by atoms with Crippen LogP contribution in [0.3, 0.4) is 0 Å². The minimum atomic E-state index is -0.00600. The highest BCUT2D eigenvalue weighted by Crippen LogP contribution is 2.23. The van der Waals surface area contributed by atoms with Gasteiger partial charge in [0.15, 0.2) is 0 Å². The van der Waals surface area contributed by atoms with Gasteiger partial charge in [0.05, 0.1) is 6.20 Å². The molecular weight excluding hydrogens is 338 g/mol. The Balaban J connectivity index is 1.33. The molecule has 0 atom stereocenters. The molecule has 0 saturated carbocycles. The number of pyridine rings is 1. The lowest BCUT2D eigenvalue weighted by Crippen LogP contribution is -2.38. The minimum absolute atomic E-state index is 0.00600. The van der Waals surface area contributed by atoms with E-state index in [4.69, 9.17) is 0 Å². The van der Waals surface area contributed by atoms with Crippen LogP contribution in [0.1, 0.15) is 12.8 Å². The third-order valence-electron chi connectivity index (χ3n) is 4.86.